The minimum absolute atomic E-state index is 0.0450. The fraction of sp³-hybridized carbons (Fsp3) is 0.0588. The summed E-state index contributed by atoms with van der Waals surface area (Å²) in [6.07, 6.45) is 0. The number of hydrogen-bond acceptors (Lipinski definition) is 3. The molecule has 0 aromatic heterocycles. The second-order valence-corrected chi connectivity index (χ2v) is 15.4. The SMILES string of the molecule is CC1(C)c2ccccc2-c2cc(N3c4ccccc4B4c5ccc(N(c6ccccc6)c6ccccc6)cc5N(c5ccccc5)c5cccc3c54)ccc21. The van der Waals surface area contributed by atoms with Gasteiger partial charge in [0, 0.05) is 56.6 Å². The van der Waals surface area contributed by atoms with Gasteiger partial charge in [-0.05, 0) is 118 Å². The van der Waals surface area contributed by atoms with Gasteiger partial charge in [-0.15, -0.1) is 0 Å². The molecule has 0 N–H and O–H groups in total. The summed E-state index contributed by atoms with van der Waals surface area (Å²) in [6, 6.07) is 71.3. The molecule has 0 amide bonds. The van der Waals surface area contributed by atoms with Gasteiger partial charge in [0.1, 0.15) is 0 Å². The highest BCUT2D eigenvalue weighted by atomic mass is 15.2. The van der Waals surface area contributed by atoms with E-state index in [9.17, 15) is 0 Å². The molecular weight excluding hydrogens is 665 g/mol. The first-order valence-corrected chi connectivity index (χ1v) is 19.2. The van der Waals surface area contributed by atoms with E-state index >= 15 is 0 Å². The Morgan fingerprint density at radius 1 is 0.400 bits per heavy atom. The van der Waals surface area contributed by atoms with E-state index in [0.717, 1.165) is 22.7 Å². The van der Waals surface area contributed by atoms with Crippen molar-refractivity contribution in [2.45, 2.75) is 19.3 Å². The van der Waals surface area contributed by atoms with E-state index in [4.69, 9.17) is 0 Å². The Morgan fingerprint density at radius 3 is 1.69 bits per heavy atom. The van der Waals surface area contributed by atoms with Gasteiger partial charge in [0.05, 0.1) is 0 Å². The van der Waals surface area contributed by atoms with Crippen LogP contribution in [-0.2, 0) is 5.41 Å². The van der Waals surface area contributed by atoms with Crippen LogP contribution < -0.4 is 31.1 Å². The quantitative estimate of drug-likeness (QED) is 0.165. The zero-order valence-electron chi connectivity index (χ0n) is 30.9. The molecule has 0 saturated heterocycles. The topological polar surface area (TPSA) is 9.72 Å². The highest BCUT2D eigenvalue weighted by molar-refractivity contribution is 7.00. The van der Waals surface area contributed by atoms with E-state index in [1.54, 1.807) is 0 Å². The summed E-state index contributed by atoms with van der Waals surface area (Å²) in [7, 11) is 0. The summed E-state index contributed by atoms with van der Waals surface area (Å²) < 4.78 is 0. The van der Waals surface area contributed by atoms with Crippen LogP contribution in [0.5, 0.6) is 0 Å². The van der Waals surface area contributed by atoms with Crippen LogP contribution in [0.2, 0.25) is 0 Å². The van der Waals surface area contributed by atoms with Crippen molar-refractivity contribution in [1.29, 1.82) is 0 Å². The highest BCUT2D eigenvalue weighted by Gasteiger charge is 2.44. The Morgan fingerprint density at radius 2 is 0.964 bits per heavy atom. The Bertz CT molecular complexity index is 2720. The van der Waals surface area contributed by atoms with E-state index in [-0.39, 0.29) is 12.1 Å². The molecule has 2 aliphatic heterocycles. The lowest BCUT2D eigenvalue weighted by molar-refractivity contribution is 0.660. The van der Waals surface area contributed by atoms with Gasteiger partial charge >= 0.3 is 0 Å². The molecule has 0 spiro atoms. The highest BCUT2D eigenvalue weighted by Crippen LogP contribution is 2.51. The molecule has 4 heteroatoms. The third kappa shape index (κ3) is 4.71. The fourth-order valence-corrected chi connectivity index (χ4v) is 9.59. The summed E-state index contributed by atoms with van der Waals surface area (Å²) in [4.78, 5) is 7.35. The van der Waals surface area contributed by atoms with E-state index in [1.165, 1.54) is 67.1 Å². The van der Waals surface area contributed by atoms with E-state index < -0.39 is 0 Å². The molecule has 260 valence electrons. The van der Waals surface area contributed by atoms with Crippen molar-refractivity contribution in [3.8, 4) is 11.1 Å². The van der Waals surface area contributed by atoms with Crippen LogP contribution in [0.1, 0.15) is 25.0 Å². The number of fused-ring (bicyclic) bond motifs is 7. The molecule has 2 heterocycles. The van der Waals surface area contributed by atoms with Gasteiger partial charge < -0.3 is 14.7 Å². The van der Waals surface area contributed by atoms with E-state index in [0.29, 0.717) is 0 Å². The Kier molecular flexibility index (Phi) is 6.99. The second-order valence-electron chi connectivity index (χ2n) is 15.4. The van der Waals surface area contributed by atoms with Crippen LogP contribution in [0.25, 0.3) is 11.1 Å². The average Bonchev–Trinajstić information content (AvgIpc) is 3.47. The number of anilines is 9. The van der Waals surface area contributed by atoms with Crippen molar-refractivity contribution in [2.24, 2.45) is 0 Å². The first-order chi connectivity index (χ1) is 27.1. The van der Waals surface area contributed by atoms with Crippen LogP contribution in [0, 0.1) is 0 Å². The summed E-state index contributed by atoms with van der Waals surface area (Å²) in [5.41, 5.74) is 19.9. The average molecular weight is 704 g/mol. The maximum atomic E-state index is 2.51. The van der Waals surface area contributed by atoms with Crippen molar-refractivity contribution in [2.75, 3.05) is 14.7 Å². The Labute approximate surface area is 323 Å². The minimum Gasteiger partial charge on any atom is -0.311 e. The molecule has 3 nitrogen and oxygen atoms in total. The summed E-state index contributed by atoms with van der Waals surface area (Å²) in [5, 5.41) is 0. The van der Waals surface area contributed by atoms with Gasteiger partial charge in [0.2, 0.25) is 0 Å². The lowest BCUT2D eigenvalue weighted by Crippen LogP contribution is -2.61. The van der Waals surface area contributed by atoms with Gasteiger partial charge in [-0.1, -0.05) is 129 Å². The molecule has 0 saturated carbocycles. The van der Waals surface area contributed by atoms with Crippen molar-refractivity contribution in [3.63, 3.8) is 0 Å². The number of para-hydroxylation sites is 4. The monoisotopic (exact) mass is 703 g/mol. The number of hydrogen-bond donors (Lipinski definition) is 0. The van der Waals surface area contributed by atoms with Gasteiger partial charge in [-0.25, -0.2) is 0 Å². The van der Waals surface area contributed by atoms with Crippen molar-refractivity contribution in [1.82, 2.24) is 0 Å². The normalized spacial score (nSPS) is 14.0. The van der Waals surface area contributed by atoms with Gasteiger partial charge in [0.25, 0.3) is 6.71 Å². The van der Waals surface area contributed by atoms with Crippen LogP contribution in [0.4, 0.5) is 51.2 Å². The molecule has 0 radical (unpaired) electrons. The summed E-state index contributed by atoms with van der Waals surface area (Å²) in [5.74, 6) is 0. The lowest BCUT2D eigenvalue weighted by atomic mass is 9.33. The third-order valence-electron chi connectivity index (χ3n) is 12.0. The molecule has 0 atom stereocenters. The van der Waals surface area contributed by atoms with E-state index in [2.05, 4.69) is 223 Å². The van der Waals surface area contributed by atoms with Crippen LogP contribution in [-0.4, -0.2) is 6.71 Å². The summed E-state index contributed by atoms with van der Waals surface area (Å²) >= 11 is 0. The summed E-state index contributed by atoms with van der Waals surface area (Å²) in [6.45, 7) is 4.76. The van der Waals surface area contributed by atoms with Crippen molar-refractivity contribution in [3.05, 3.63) is 205 Å². The molecule has 0 bridgehead atoms. The number of benzene rings is 8. The predicted molar refractivity (Wildman–Crippen MR) is 233 cm³/mol. The second kappa shape index (κ2) is 12.1. The molecule has 3 aliphatic rings. The molecule has 55 heavy (non-hydrogen) atoms. The first-order valence-electron chi connectivity index (χ1n) is 19.2. The number of rotatable bonds is 5. The largest absolute Gasteiger partial charge is 0.311 e. The number of nitrogens with zero attached hydrogens (tertiary/aromatic N) is 3. The molecule has 11 rings (SSSR count). The zero-order chi connectivity index (χ0) is 36.7. The molecular formula is C51H38BN3. The molecule has 0 unspecified atom stereocenters. The van der Waals surface area contributed by atoms with Gasteiger partial charge in [-0.2, -0.15) is 0 Å². The third-order valence-corrected chi connectivity index (χ3v) is 12.0. The van der Waals surface area contributed by atoms with Crippen molar-refractivity contribution < 1.29 is 0 Å². The minimum atomic E-state index is -0.0450. The van der Waals surface area contributed by atoms with Crippen molar-refractivity contribution >= 4 is 74.3 Å². The Hall–Kier alpha value is -6.78. The van der Waals surface area contributed by atoms with Gasteiger partial charge in [-0.3, -0.25) is 0 Å². The Balaban J connectivity index is 1.14. The first kappa shape index (κ1) is 31.7. The van der Waals surface area contributed by atoms with Crippen LogP contribution in [0.3, 0.4) is 0 Å². The molecule has 1 aliphatic carbocycles. The maximum Gasteiger partial charge on any atom is 0.252 e. The zero-order valence-corrected chi connectivity index (χ0v) is 30.9. The standard InChI is InChI=1S/C51H38BN3/c1-51(2)42-24-13-12-23-40(42)41-33-38(29-31-43(41)51)55-46-26-15-14-25-44(46)52-45-32-30-39(53(35-17-6-3-7-18-35)36-19-8-4-9-20-36)34-49(45)54(37-21-10-5-11-22-37)47-27-16-28-48(55)50(47)52/h3-34H,1-2H3. The van der Waals surface area contributed by atoms with Gasteiger partial charge in [0.15, 0.2) is 0 Å². The maximum absolute atomic E-state index is 2.51. The fourth-order valence-electron chi connectivity index (χ4n) is 9.59. The lowest BCUT2D eigenvalue weighted by Gasteiger charge is -2.44. The predicted octanol–water partition coefficient (Wildman–Crippen LogP) is 11.5. The van der Waals surface area contributed by atoms with Crippen LogP contribution in [0.15, 0.2) is 194 Å². The smallest absolute Gasteiger partial charge is 0.252 e. The molecule has 8 aromatic rings. The van der Waals surface area contributed by atoms with Crippen LogP contribution >= 0.6 is 0 Å². The van der Waals surface area contributed by atoms with E-state index in [1.807, 2.05) is 0 Å². The molecule has 0 fully saturated rings. The molecule has 8 aromatic carbocycles.